The SMILES string of the molecule is O=C(/C=C/C=C/c1ccc2c(c1)OCO2)N1CCN(Cc2cccc(F)c2)CC1. The van der Waals surface area contributed by atoms with Gasteiger partial charge in [-0.25, -0.2) is 4.39 Å². The second kappa shape index (κ2) is 8.92. The van der Waals surface area contributed by atoms with Gasteiger partial charge in [-0.05, 0) is 35.4 Å². The van der Waals surface area contributed by atoms with Gasteiger partial charge in [0, 0.05) is 38.8 Å². The predicted octanol–water partition coefficient (Wildman–Crippen LogP) is 3.47. The Balaban J connectivity index is 1.24. The molecule has 2 heterocycles. The van der Waals surface area contributed by atoms with Crippen molar-refractivity contribution in [3.8, 4) is 11.5 Å². The van der Waals surface area contributed by atoms with Crippen LogP contribution in [0.25, 0.3) is 6.08 Å². The van der Waals surface area contributed by atoms with E-state index < -0.39 is 0 Å². The number of halogens is 1. The molecule has 5 nitrogen and oxygen atoms in total. The highest BCUT2D eigenvalue weighted by Crippen LogP contribution is 2.32. The van der Waals surface area contributed by atoms with E-state index in [0.29, 0.717) is 19.6 Å². The van der Waals surface area contributed by atoms with E-state index in [0.717, 1.165) is 35.7 Å². The molecule has 1 amide bonds. The van der Waals surface area contributed by atoms with Crippen LogP contribution in [0.15, 0.2) is 60.7 Å². The number of amides is 1. The molecule has 0 unspecified atom stereocenters. The lowest BCUT2D eigenvalue weighted by molar-refractivity contribution is -0.127. The smallest absolute Gasteiger partial charge is 0.246 e. The van der Waals surface area contributed by atoms with Gasteiger partial charge in [0.05, 0.1) is 0 Å². The van der Waals surface area contributed by atoms with E-state index in [2.05, 4.69) is 4.90 Å². The number of benzene rings is 2. The third-order valence-corrected chi connectivity index (χ3v) is 5.01. The fourth-order valence-corrected chi connectivity index (χ4v) is 3.45. The van der Waals surface area contributed by atoms with Crippen molar-refractivity contribution in [1.29, 1.82) is 0 Å². The molecule has 4 rings (SSSR count). The Morgan fingerprint density at radius 3 is 2.66 bits per heavy atom. The molecule has 29 heavy (non-hydrogen) atoms. The summed E-state index contributed by atoms with van der Waals surface area (Å²) in [6, 6.07) is 12.4. The van der Waals surface area contributed by atoms with Crippen LogP contribution in [0, 0.1) is 5.82 Å². The lowest BCUT2D eigenvalue weighted by atomic mass is 10.2. The van der Waals surface area contributed by atoms with Crippen LogP contribution >= 0.6 is 0 Å². The van der Waals surface area contributed by atoms with E-state index in [9.17, 15) is 9.18 Å². The van der Waals surface area contributed by atoms with Crippen molar-refractivity contribution in [2.75, 3.05) is 33.0 Å². The summed E-state index contributed by atoms with van der Waals surface area (Å²) in [6.45, 7) is 3.86. The second-order valence-corrected chi connectivity index (χ2v) is 7.06. The van der Waals surface area contributed by atoms with Crippen molar-refractivity contribution in [2.45, 2.75) is 6.54 Å². The summed E-state index contributed by atoms with van der Waals surface area (Å²) in [7, 11) is 0. The van der Waals surface area contributed by atoms with Crippen LogP contribution in [0.4, 0.5) is 4.39 Å². The Labute approximate surface area is 169 Å². The van der Waals surface area contributed by atoms with Crippen LogP contribution in [-0.2, 0) is 11.3 Å². The van der Waals surface area contributed by atoms with Crippen molar-refractivity contribution >= 4 is 12.0 Å². The topological polar surface area (TPSA) is 42.0 Å². The van der Waals surface area contributed by atoms with Crippen LogP contribution in [0.3, 0.4) is 0 Å². The maximum atomic E-state index is 13.3. The molecule has 150 valence electrons. The van der Waals surface area contributed by atoms with E-state index in [1.807, 2.05) is 41.3 Å². The van der Waals surface area contributed by atoms with Gasteiger partial charge in [-0.15, -0.1) is 0 Å². The molecule has 0 aromatic heterocycles. The van der Waals surface area contributed by atoms with E-state index in [1.54, 1.807) is 24.3 Å². The number of piperazine rings is 1. The molecular formula is C23H23FN2O3. The van der Waals surface area contributed by atoms with Crippen molar-refractivity contribution in [3.63, 3.8) is 0 Å². The van der Waals surface area contributed by atoms with Gasteiger partial charge in [0.2, 0.25) is 12.7 Å². The Morgan fingerprint density at radius 1 is 1.00 bits per heavy atom. The summed E-state index contributed by atoms with van der Waals surface area (Å²) in [5.41, 5.74) is 1.94. The minimum absolute atomic E-state index is 0.00532. The van der Waals surface area contributed by atoms with Crippen LogP contribution in [0.1, 0.15) is 11.1 Å². The number of rotatable bonds is 5. The van der Waals surface area contributed by atoms with Gasteiger partial charge in [-0.3, -0.25) is 9.69 Å². The van der Waals surface area contributed by atoms with Crippen molar-refractivity contribution in [1.82, 2.24) is 9.80 Å². The highest BCUT2D eigenvalue weighted by atomic mass is 19.1. The molecular weight excluding hydrogens is 371 g/mol. The number of carbonyl (C=O) groups is 1. The molecule has 0 radical (unpaired) electrons. The molecule has 2 aliphatic heterocycles. The Bertz CT molecular complexity index is 933. The molecule has 0 bridgehead atoms. The Morgan fingerprint density at radius 2 is 1.83 bits per heavy atom. The minimum Gasteiger partial charge on any atom is -0.454 e. The lowest BCUT2D eigenvalue weighted by Gasteiger charge is -2.34. The third kappa shape index (κ3) is 5.03. The van der Waals surface area contributed by atoms with E-state index in [-0.39, 0.29) is 18.5 Å². The first-order valence-corrected chi connectivity index (χ1v) is 9.67. The Hall–Kier alpha value is -3.12. The highest BCUT2D eigenvalue weighted by Gasteiger charge is 2.19. The molecule has 0 atom stereocenters. The molecule has 1 saturated heterocycles. The minimum atomic E-state index is -0.213. The number of carbonyl (C=O) groups excluding carboxylic acids is 1. The zero-order valence-electron chi connectivity index (χ0n) is 16.1. The van der Waals surface area contributed by atoms with Gasteiger partial charge in [0.25, 0.3) is 0 Å². The van der Waals surface area contributed by atoms with E-state index in [1.165, 1.54) is 6.07 Å². The summed E-state index contributed by atoms with van der Waals surface area (Å²) in [4.78, 5) is 16.5. The van der Waals surface area contributed by atoms with Gasteiger partial charge in [-0.1, -0.05) is 36.4 Å². The van der Waals surface area contributed by atoms with Crippen LogP contribution in [-0.4, -0.2) is 48.7 Å². The van der Waals surface area contributed by atoms with Crippen LogP contribution < -0.4 is 9.47 Å². The van der Waals surface area contributed by atoms with Crippen LogP contribution in [0.2, 0.25) is 0 Å². The third-order valence-electron chi connectivity index (χ3n) is 5.01. The van der Waals surface area contributed by atoms with Crippen molar-refractivity contribution < 1.29 is 18.7 Å². The van der Waals surface area contributed by atoms with Gasteiger partial charge in [0.15, 0.2) is 11.5 Å². The standard InChI is InChI=1S/C23H23FN2O3/c24-20-6-3-5-19(14-20)16-25-10-12-26(13-11-25)23(27)7-2-1-4-18-8-9-21-22(15-18)29-17-28-21/h1-9,14-15H,10-13,16-17H2/b4-1+,7-2+. The monoisotopic (exact) mass is 394 g/mol. The lowest BCUT2D eigenvalue weighted by Crippen LogP contribution is -2.47. The molecule has 1 fully saturated rings. The first-order chi connectivity index (χ1) is 14.2. The molecule has 0 aliphatic carbocycles. The summed E-state index contributed by atoms with van der Waals surface area (Å²) in [5, 5.41) is 0. The fourth-order valence-electron chi connectivity index (χ4n) is 3.45. The summed E-state index contributed by atoms with van der Waals surface area (Å²) in [6.07, 6.45) is 7.11. The summed E-state index contributed by atoms with van der Waals surface area (Å²) < 4.78 is 24.0. The molecule has 6 heteroatoms. The zero-order valence-corrected chi connectivity index (χ0v) is 16.1. The first-order valence-electron chi connectivity index (χ1n) is 9.67. The van der Waals surface area contributed by atoms with Gasteiger partial charge >= 0.3 is 0 Å². The zero-order chi connectivity index (χ0) is 20.1. The molecule has 2 aromatic carbocycles. The summed E-state index contributed by atoms with van der Waals surface area (Å²) >= 11 is 0. The second-order valence-electron chi connectivity index (χ2n) is 7.06. The molecule has 0 N–H and O–H groups in total. The summed E-state index contributed by atoms with van der Waals surface area (Å²) in [5.74, 6) is 1.29. The normalized spacial score (nSPS) is 16.8. The number of nitrogens with zero attached hydrogens (tertiary/aromatic N) is 2. The maximum Gasteiger partial charge on any atom is 0.246 e. The number of allylic oxidation sites excluding steroid dienone is 2. The largest absolute Gasteiger partial charge is 0.454 e. The first kappa shape index (κ1) is 19.2. The Kier molecular flexibility index (Phi) is 5.91. The quantitative estimate of drug-likeness (QED) is 0.575. The molecule has 0 saturated carbocycles. The van der Waals surface area contributed by atoms with Crippen molar-refractivity contribution in [2.24, 2.45) is 0 Å². The number of ether oxygens (including phenoxy) is 2. The van der Waals surface area contributed by atoms with E-state index in [4.69, 9.17) is 9.47 Å². The average Bonchev–Trinajstić information content (AvgIpc) is 3.19. The number of fused-ring (bicyclic) bond motifs is 1. The number of hydrogen-bond donors (Lipinski definition) is 0. The van der Waals surface area contributed by atoms with Gasteiger partial charge < -0.3 is 14.4 Å². The molecule has 0 spiro atoms. The van der Waals surface area contributed by atoms with Gasteiger partial charge in [-0.2, -0.15) is 0 Å². The fraction of sp³-hybridized carbons (Fsp3) is 0.261. The maximum absolute atomic E-state index is 13.3. The predicted molar refractivity (Wildman–Crippen MR) is 109 cm³/mol. The average molecular weight is 394 g/mol. The molecule has 2 aliphatic rings. The van der Waals surface area contributed by atoms with Gasteiger partial charge in [0.1, 0.15) is 5.82 Å². The van der Waals surface area contributed by atoms with Crippen LogP contribution in [0.5, 0.6) is 11.5 Å². The molecule has 2 aromatic rings. The number of hydrogen-bond acceptors (Lipinski definition) is 4. The van der Waals surface area contributed by atoms with Crippen molar-refractivity contribution in [3.05, 3.63) is 77.6 Å². The van der Waals surface area contributed by atoms with E-state index >= 15 is 0 Å². The highest BCUT2D eigenvalue weighted by molar-refractivity contribution is 5.88.